The molecule has 1 amide bonds. The number of amides is 1. The Morgan fingerprint density at radius 1 is 1.32 bits per heavy atom. The molecule has 2 aromatic rings. The average Bonchev–Trinajstić information content (AvgIpc) is 2.39. The Labute approximate surface area is 118 Å². The summed E-state index contributed by atoms with van der Waals surface area (Å²) < 4.78 is 0. The van der Waals surface area contributed by atoms with Gasteiger partial charge in [-0.3, -0.25) is 9.59 Å². The quantitative estimate of drug-likeness (QED) is 0.669. The fourth-order valence-corrected chi connectivity index (χ4v) is 2.06. The van der Waals surface area contributed by atoms with Crippen molar-refractivity contribution in [2.45, 2.75) is 5.16 Å². The molecule has 0 spiro atoms. The number of hydrogen-bond donors (Lipinski definition) is 2. The third-order valence-electron chi connectivity index (χ3n) is 2.12. The first-order chi connectivity index (χ1) is 9.13. The number of carbonyl (C=O) groups excluding carboxylic acids is 1. The second kappa shape index (κ2) is 6.40. The third kappa shape index (κ3) is 4.42. The molecule has 0 aliphatic rings. The van der Waals surface area contributed by atoms with Crippen molar-refractivity contribution in [3.8, 4) is 0 Å². The summed E-state index contributed by atoms with van der Waals surface area (Å²) in [6.07, 6.45) is 1.40. The van der Waals surface area contributed by atoms with Crippen molar-refractivity contribution in [2.75, 3.05) is 11.1 Å². The molecule has 0 bridgehead atoms. The van der Waals surface area contributed by atoms with E-state index in [0.717, 1.165) is 11.8 Å². The highest BCUT2D eigenvalue weighted by molar-refractivity contribution is 7.99. The molecule has 2 rings (SSSR count). The van der Waals surface area contributed by atoms with Crippen LogP contribution in [0.1, 0.15) is 0 Å². The monoisotopic (exact) mass is 295 g/mol. The van der Waals surface area contributed by atoms with E-state index >= 15 is 0 Å². The van der Waals surface area contributed by atoms with Crippen LogP contribution in [-0.4, -0.2) is 21.6 Å². The van der Waals surface area contributed by atoms with Crippen molar-refractivity contribution in [1.82, 2.24) is 9.97 Å². The predicted molar refractivity (Wildman–Crippen MR) is 75.7 cm³/mol. The molecule has 0 unspecified atom stereocenters. The molecular weight excluding hydrogens is 286 g/mol. The lowest BCUT2D eigenvalue weighted by Gasteiger charge is -2.04. The fraction of sp³-hybridized carbons (Fsp3) is 0.0833. The molecule has 0 aliphatic carbocycles. The number of hydrogen-bond acceptors (Lipinski definition) is 4. The van der Waals surface area contributed by atoms with E-state index in [1.165, 1.54) is 12.3 Å². The second-order valence-corrected chi connectivity index (χ2v) is 4.98. The maximum absolute atomic E-state index is 11.7. The van der Waals surface area contributed by atoms with Gasteiger partial charge in [-0.2, -0.15) is 0 Å². The number of thioether (sulfide) groups is 1. The number of anilines is 1. The van der Waals surface area contributed by atoms with Gasteiger partial charge in [0.15, 0.2) is 5.16 Å². The molecule has 7 heteroatoms. The Morgan fingerprint density at radius 2 is 2.05 bits per heavy atom. The first-order valence-corrected chi connectivity index (χ1v) is 6.73. The largest absolute Gasteiger partial charge is 0.325 e. The third-order valence-corrected chi connectivity index (χ3v) is 3.26. The molecule has 0 saturated heterocycles. The number of aromatic nitrogens is 2. The summed E-state index contributed by atoms with van der Waals surface area (Å²) in [5.74, 6) is -0.0194. The first-order valence-electron chi connectivity index (χ1n) is 5.37. The zero-order chi connectivity index (χ0) is 13.7. The van der Waals surface area contributed by atoms with Crippen LogP contribution in [0.15, 0.2) is 46.5 Å². The van der Waals surface area contributed by atoms with Gasteiger partial charge in [-0.05, 0) is 24.3 Å². The molecule has 0 saturated carbocycles. The maximum atomic E-state index is 11.7. The van der Waals surface area contributed by atoms with E-state index in [-0.39, 0.29) is 17.2 Å². The number of rotatable bonds is 4. The van der Waals surface area contributed by atoms with Crippen LogP contribution in [0.4, 0.5) is 5.69 Å². The maximum Gasteiger partial charge on any atom is 0.251 e. The lowest BCUT2D eigenvalue weighted by molar-refractivity contribution is -0.113. The summed E-state index contributed by atoms with van der Waals surface area (Å²) in [5.41, 5.74) is 0.431. The van der Waals surface area contributed by atoms with Crippen LogP contribution in [0.3, 0.4) is 0 Å². The van der Waals surface area contributed by atoms with Gasteiger partial charge in [-0.1, -0.05) is 23.4 Å². The molecule has 0 radical (unpaired) electrons. The average molecular weight is 296 g/mol. The van der Waals surface area contributed by atoms with Gasteiger partial charge in [-0.25, -0.2) is 4.98 Å². The summed E-state index contributed by atoms with van der Waals surface area (Å²) in [6.45, 7) is 0. The van der Waals surface area contributed by atoms with Crippen LogP contribution >= 0.6 is 23.4 Å². The summed E-state index contributed by atoms with van der Waals surface area (Å²) in [6, 6.07) is 8.14. The minimum atomic E-state index is -0.240. The summed E-state index contributed by atoms with van der Waals surface area (Å²) >= 11 is 6.91. The Morgan fingerprint density at radius 3 is 2.74 bits per heavy atom. The zero-order valence-corrected chi connectivity index (χ0v) is 11.3. The number of aromatic amines is 1. The second-order valence-electron chi connectivity index (χ2n) is 3.58. The molecule has 98 valence electrons. The minimum absolute atomic E-state index is 0.162. The lowest BCUT2D eigenvalue weighted by atomic mass is 10.3. The Balaban J connectivity index is 1.88. The highest BCUT2D eigenvalue weighted by atomic mass is 35.5. The molecule has 5 nitrogen and oxygen atoms in total. The normalized spacial score (nSPS) is 10.2. The molecule has 1 heterocycles. The minimum Gasteiger partial charge on any atom is -0.325 e. The molecular formula is C12H10ClN3O2S. The standard InChI is InChI=1S/C12H10ClN3O2S/c13-8-1-3-9(4-2-8)15-11(18)7-19-12-14-6-5-10(17)16-12/h1-6H,7H2,(H,15,18)(H,14,16,17). The lowest BCUT2D eigenvalue weighted by Crippen LogP contribution is -2.15. The molecule has 1 aromatic carbocycles. The molecule has 2 N–H and O–H groups in total. The molecule has 0 atom stereocenters. The van der Waals surface area contributed by atoms with Crippen molar-refractivity contribution in [2.24, 2.45) is 0 Å². The van der Waals surface area contributed by atoms with Gasteiger partial charge in [0, 0.05) is 23.0 Å². The predicted octanol–water partition coefficient (Wildman–Crippen LogP) is 2.15. The van der Waals surface area contributed by atoms with Crippen LogP contribution < -0.4 is 10.9 Å². The van der Waals surface area contributed by atoms with Crippen LogP contribution in [0.2, 0.25) is 5.02 Å². The van der Waals surface area contributed by atoms with Crippen molar-refractivity contribution >= 4 is 35.0 Å². The van der Waals surface area contributed by atoms with E-state index in [1.54, 1.807) is 24.3 Å². The fourth-order valence-electron chi connectivity index (χ4n) is 1.29. The topological polar surface area (TPSA) is 74.8 Å². The summed E-state index contributed by atoms with van der Waals surface area (Å²) in [4.78, 5) is 29.2. The Kier molecular flexibility index (Phi) is 4.59. The Bertz CT molecular complexity index is 627. The van der Waals surface area contributed by atoms with Crippen LogP contribution in [-0.2, 0) is 4.79 Å². The number of nitrogens with one attached hydrogen (secondary N) is 2. The van der Waals surface area contributed by atoms with Gasteiger partial charge < -0.3 is 10.3 Å². The van der Waals surface area contributed by atoms with E-state index < -0.39 is 0 Å². The van der Waals surface area contributed by atoms with E-state index in [1.807, 2.05) is 0 Å². The van der Waals surface area contributed by atoms with E-state index in [0.29, 0.717) is 15.9 Å². The van der Waals surface area contributed by atoms with E-state index in [4.69, 9.17) is 11.6 Å². The van der Waals surface area contributed by atoms with Crippen LogP contribution in [0.5, 0.6) is 0 Å². The van der Waals surface area contributed by atoms with E-state index in [9.17, 15) is 9.59 Å². The van der Waals surface area contributed by atoms with Gasteiger partial charge in [0.05, 0.1) is 5.75 Å². The van der Waals surface area contributed by atoms with Crippen LogP contribution in [0, 0.1) is 0 Å². The molecule has 1 aromatic heterocycles. The van der Waals surface area contributed by atoms with Gasteiger partial charge in [-0.15, -0.1) is 0 Å². The van der Waals surface area contributed by atoms with Gasteiger partial charge in [0.25, 0.3) is 5.56 Å². The number of benzene rings is 1. The van der Waals surface area contributed by atoms with Gasteiger partial charge >= 0.3 is 0 Å². The highest BCUT2D eigenvalue weighted by Crippen LogP contribution is 2.15. The number of carbonyl (C=O) groups is 1. The molecule has 0 aliphatic heterocycles. The Hall–Kier alpha value is -1.79. The van der Waals surface area contributed by atoms with Crippen molar-refractivity contribution in [3.63, 3.8) is 0 Å². The van der Waals surface area contributed by atoms with Gasteiger partial charge in [0.1, 0.15) is 0 Å². The van der Waals surface area contributed by atoms with Crippen molar-refractivity contribution in [1.29, 1.82) is 0 Å². The number of halogens is 1. The molecule has 19 heavy (non-hydrogen) atoms. The van der Waals surface area contributed by atoms with Crippen molar-refractivity contribution < 1.29 is 4.79 Å². The van der Waals surface area contributed by atoms with E-state index in [2.05, 4.69) is 15.3 Å². The smallest absolute Gasteiger partial charge is 0.251 e. The van der Waals surface area contributed by atoms with Crippen LogP contribution in [0.25, 0.3) is 0 Å². The number of nitrogens with zero attached hydrogens (tertiary/aromatic N) is 1. The number of H-pyrrole nitrogens is 1. The SMILES string of the molecule is O=C(CSc1nccc(=O)[nH]1)Nc1ccc(Cl)cc1. The zero-order valence-electron chi connectivity index (χ0n) is 9.72. The first kappa shape index (κ1) is 13.6. The summed E-state index contributed by atoms with van der Waals surface area (Å²) in [7, 11) is 0. The van der Waals surface area contributed by atoms with Gasteiger partial charge in [0.2, 0.25) is 5.91 Å². The molecule has 0 fully saturated rings. The van der Waals surface area contributed by atoms with Crippen molar-refractivity contribution in [3.05, 3.63) is 51.9 Å². The highest BCUT2D eigenvalue weighted by Gasteiger charge is 2.05. The summed E-state index contributed by atoms with van der Waals surface area (Å²) in [5, 5.41) is 3.74.